The normalized spacial score (nSPS) is 10.9. The smallest absolute Gasteiger partial charge is 0.335 e. The second kappa shape index (κ2) is 4.92. The van der Waals surface area contributed by atoms with Gasteiger partial charge in [-0.05, 0) is 52.3 Å². The van der Waals surface area contributed by atoms with Crippen LogP contribution in [0.25, 0.3) is 16.7 Å². The third kappa shape index (κ3) is 2.19. The van der Waals surface area contributed by atoms with Crippen LogP contribution in [0.3, 0.4) is 0 Å². The van der Waals surface area contributed by atoms with Crippen molar-refractivity contribution >= 4 is 44.5 Å². The summed E-state index contributed by atoms with van der Waals surface area (Å²) < 4.78 is 2.74. The van der Waals surface area contributed by atoms with Gasteiger partial charge in [-0.1, -0.05) is 11.6 Å². The summed E-state index contributed by atoms with van der Waals surface area (Å²) in [6.45, 7) is 0. The number of hydrogen-bond acceptors (Lipinski definition) is 2. The molecule has 0 fully saturated rings. The first kappa shape index (κ1) is 13.1. The van der Waals surface area contributed by atoms with E-state index in [9.17, 15) is 4.79 Å². The Morgan fingerprint density at radius 2 is 2.05 bits per heavy atom. The number of carboxylic acids is 1. The van der Waals surface area contributed by atoms with Gasteiger partial charge in [0.25, 0.3) is 0 Å². The zero-order chi connectivity index (χ0) is 14.3. The van der Waals surface area contributed by atoms with E-state index in [1.165, 1.54) is 0 Å². The van der Waals surface area contributed by atoms with Crippen molar-refractivity contribution in [2.75, 3.05) is 0 Å². The van der Waals surface area contributed by atoms with Crippen molar-refractivity contribution in [1.29, 1.82) is 0 Å². The van der Waals surface area contributed by atoms with Crippen LogP contribution in [0.4, 0.5) is 0 Å². The van der Waals surface area contributed by atoms with Crippen molar-refractivity contribution < 1.29 is 9.90 Å². The zero-order valence-electron chi connectivity index (χ0n) is 10.0. The van der Waals surface area contributed by atoms with Crippen LogP contribution >= 0.6 is 27.5 Å². The molecule has 0 atom stereocenters. The highest BCUT2D eigenvalue weighted by atomic mass is 79.9. The summed E-state index contributed by atoms with van der Waals surface area (Å²) in [5.41, 5.74) is 2.51. The quantitative estimate of drug-likeness (QED) is 0.755. The van der Waals surface area contributed by atoms with Gasteiger partial charge >= 0.3 is 5.97 Å². The van der Waals surface area contributed by atoms with Crippen molar-refractivity contribution in [2.24, 2.45) is 0 Å². The number of hydrogen-bond donors (Lipinski definition) is 1. The number of nitrogens with zero attached hydrogens (tertiary/aromatic N) is 2. The highest BCUT2D eigenvalue weighted by molar-refractivity contribution is 9.10. The second-order valence-electron chi connectivity index (χ2n) is 4.22. The summed E-state index contributed by atoms with van der Waals surface area (Å²) in [6.07, 6.45) is 1.65. The molecule has 0 aliphatic carbocycles. The Hall–Kier alpha value is -1.85. The van der Waals surface area contributed by atoms with Crippen molar-refractivity contribution in [3.05, 3.63) is 57.8 Å². The van der Waals surface area contributed by atoms with Gasteiger partial charge in [-0.25, -0.2) is 9.78 Å². The molecule has 1 heterocycles. The minimum Gasteiger partial charge on any atom is -0.478 e. The van der Waals surface area contributed by atoms with Crippen molar-refractivity contribution in [3.8, 4) is 5.69 Å². The number of benzene rings is 2. The molecule has 0 aliphatic heterocycles. The third-order valence-electron chi connectivity index (χ3n) is 2.96. The molecule has 0 amide bonds. The monoisotopic (exact) mass is 350 g/mol. The van der Waals surface area contributed by atoms with Gasteiger partial charge in [-0.15, -0.1) is 0 Å². The lowest BCUT2D eigenvalue weighted by Gasteiger charge is -2.07. The van der Waals surface area contributed by atoms with Crippen LogP contribution in [0.15, 0.2) is 47.2 Å². The van der Waals surface area contributed by atoms with Crippen molar-refractivity contribution in [2.45, 2.75) is 0 Å². The lowest BCUT2D eigenvalue weighted by Crippen LogP contribution is -1.97. The molecule has 1 aromatic heterocycles. The van der Waals surface area contributed by atoms with E-state index in [1.807, 2.05) is 16.7 Å². The fourth-order valence-electron chi connectivity index (χ4n) is 2.01. The highest BCUT2D eigenvalue weighted by Crippen LogP contribution is 2.28. The molecular weight excluding hydrogens is 344 g/mol. The van der Waals surface area contributed by atoms with E-state index in [-0.39, 0.29) is 5.56 Å². The Labute approximate surface area is 127 Å². The molecule has 3 rings (SSSR count). The summed E-state index contributed by atoms with van der Waals surface area (Å²) in [5.74, 6) is -0.967. The first-order valence-electron chi connectivity index (χ1n) is 5.72. The predicted molar refractivity (Wildman–Crippen MR) is 80.7 cm³/mol. The average molecular weight is 352 g/mol. The zero-order valence-corrected chi connectivity index (χ0v) is 12.4. The molecule has 0 saturated heterocycles. The lowest BCUT2D eigenvalue weighted by molar-refractivity contribution is 0.0697. The van der Waals surface area contributed by atoms with Crippen LogP contribution in [0, 0.1) is 0 Å². The molecule has 0 spiro atoms. The molecule has 0 unspecified atom stereocenters. The highest BCUT2D eigenvalue weighted by Gasteiger charge is 2.11. The third-order valence-corrected chi connectivity index (χ3v) is 3.87. The van der Waals surface area contributed by atoms with Gasteiger partial charge in [-0.3, -0.25) is 4.57 Å². The molecule has 100 valence electrons. The van der Waals surface area contributed by atoms with Crippen LogP contribution in [-0.2, 0) is 0 Å². The minimum absolute atomic E-state index is 0.216. The van der Waals surface area contributed by atoms with Crippen molar-refractivity contribution in [3.63, 3.8) is 0 Å². The number of aromatic carboxylic acids is 1. The molecule has 0 aliphatic rings. The molecule has 6 heteroatoms. The summed E-state index contributed by atoms with van der Waals surface area (Å²) in [6, 6.07) is 10.3. The second-order valence-corrected chi connectivity index (χ2v) is 5.51. The van der Waals surface area contributed by atoms with E-state index in [2.05, 4.69) is 20.9 Å². The maximum absolute atomic E-state index is 11.0. The van der Waals surface area contributed by atoms with E-state index in [0.717, 1.165) is 15.7 Å². The standard InChI is InChI=1S/C14H8BrClN2O2/c15-10-3-2-9(16)6-13(10)18-7-17-11-5-8(14(19)20)1-4-12(11)18/h1-7H,(H,19,20). The van der Waals surface area contributed by atoms with Gasteiger partial charge in [0.1, 0.15) is 6.33 Å². The number of carboxylic acid groups (broad SMARTS) is 1. The van der Waals surface area contributed by atoms with Crippen LogP contribution < -0.4 is 0 Å². The number of rotatable bonds is 2. The van der Waals surface area contributed by atoms with Crippen LogP contribution in [-0.4, -0.2) is 20.6 Å². The first-order chi connectivity index (χ1) is 9.56. The number of aromatic nitrogens is 2. The van der Waals surface area contributed by atoms with Gasteiger partial charge < -0.3 is 5.11 Å². The summed E-state index contributed by atoms with van der Waals surface area (Å²) in [5, 5.41) is 9.61. The topological polar surface area (TPSA) is 55.1 Å². The maximum Gasteiger partial charge on any atom is 0.335 e. The Bertz CT molecular complexity index is 829. The Balaban J connectivity index is 2.22. The number of halogens is 2. The number of imidazole rings is 1. The number of carbonyl (C=O) groups is 1. The van der Waals surface area contributed by atoms with E-state index in [4.69, 9.17) is 16.7 Å². The Morgan fingerprint density at radius 1 is 1.25 bits per heavy atom. The number of fused-ring (bicyclic) bond motifs is 1. The van der Waals surface area contributed by atoms with Crippen LogP contribution in [0.5, 0.6) is 0 Å². The SMILES string of the molecule is O=C(O)c1ccc2c(c1)ncn2-c1cc(Cl)ccc1Br. The molecule has 1 N–H and O–H groups in total. The van der Waals surface area contributed by atoms with Gasteiger partial charge in [0.15, 0.2) is 0 Å². The maximum atomic E-state index is 11.0. The predicted octanol–water partition coefficient (Wildman–Crippen LogP) is 4.14. The molecule has 0 bridgehead atoms. The first-order valence-corrected chi connectivity index (χ1v) is 6.89. The van der Waals surface area contributed by atoms with Gasteiger partial charge in [0.05, 0.1) is 22.3 Å². The molecule has 4 nitrogen and oxygen atoms in total. The average Bonchev–Trinajstić information content (AvgIpc) is 2.84. The largest absolute Gasteiger partial charge is 0.478 e. The summed E-state index contributed by atoms with van der Waals surface area (Å²) in [7, 11) is 0. The summed E-state index contributed by atoms with van der Waals surface area (Å²) in [4.78, 5) is 15.2. The molecule has 0 radical (unpaired) electrons. The Kier molecular flexibility index (Phi) is 3.23. The van der Waals surface area contributed by atoms with Crippen molar-refractivity contribution in [1.82, 2.24) is 9.55 Å². The van der Waals surface area contributed by atoms with E-state index >= 15 is 0 Å². The van der Waals surface area contributed by atoms with E-state index in [1.54, 1.807) is 30.6 Å². The Morgan fingerprint density at radius 3 is 2.80 bits per heavy atom. The van der Waals surface area contributed by atoms with Gasteiger partial charge in [0.2, 0.25) is 0 Å². The lowest BCUT2D eigenvalue weighted by atomic mass is 10.2. The van der Waals surface area contributed by atoms with Crippen LogP contribution in [0.1, 0.15) is 10.4 Å². The molecule has 20 heavy (non-hydrogen) atoms. The minimum atomic E-state index is -0.967. The van der Waals surface area contributed by atoms with E-state index < -0.39 is 5.97 Å². The van der Waals surface area contributed by atoms with E-state index in [0.29, 0.717) is 10.5 Å². The molecular formula is C14H8BrClN2O2. The molecule has 3 aromatic rings. The molecule has 0 saturated carbocycles. The van der Waals surface area contributed by atoms with Gasteiger partial charge in [0, 0.05) is 9.50 Å². The fourth-order valence-corrected chi connectivity index (χ4v) is 2.61. The molecule has 2 aromatic carbocycles. The summed E-state index contributed by atoms with van der Waals surface area (Å²) >= 11 is 9.49. The fraction of sp³-hybridized carbons (Fsp3) is 0. The van der Waals surface area contributed by atoms with Gasteiger partial charge in [-0.2, -0.15) is 0 Å². The van der Waals surface area contributed by atoms with Crippen LogP contribution in [0.2, 0.25) is 5.02 Å².